The zero-order valence-electron chi connectivity index (χ0n) is 4.28. The summed E-state index contributed by atoms with van der Waals surface area (Å²) < 4.78 is 0. The van der Waals surface area contributed by atoms with E-state index in [0.29, 0.717) is 0 Å². The van der Waals surface area contributed by atoms with Gasteiger partial charge in [0.25, 0.3) is 0 Å². The molecule has 0 unspecified atom stereocenters. The van der Waals surface area contributed by atoms with Gasteiger partial charge in [0.05, 0.1) is 0 Å². The molecule has 0 aromatic heterocycles. The van der Waals surface area contributed by atoms with Crippen molar-refractivity contribution in [2.75, 3.05) is 0 Å². The van der Waals surface area contributed by atoms with Gasteiger partial charge in [0.2, 0.25) is 0 Å². The Morgan fingerprint density at radius 1 is 0.375 bits per heavy atom. The van der Waals surface area contributed by atoms with Crippen molar-refractivity contribution in [1.29, 1.82) is 0 Å². The van der Waals surface area contributed by atoms with E-state index in [2.05, 4.69) is 0 Å². The predicted octanol–water partition coefficient (Wildman–Crippen LogP) is -5.71. The van der Waals surface area contributed by atoms with Gasteiger partial charge < -0.3 is 32.9 Å². The van der Waals surface area contributed by atoms with Gasteiger partial charge in [0.1, 0.15) is 0 Å². The summed E-state index contributed by atoms with van der Waals surface area (Å²) in [7, 11) is 0. The summed E-state index contributed by atoms with van der Waals surface area (Å²) in [6.45, 7) is 0. The maximum absolute atomic E-state index is 0. The van der Waals surface area contributed by atoms with Crippen molar-refractivity contribution in [3.8, 4) is 0 Å². The summed E-state index contributed by atoms with van der Waals surface area (Å²) in [6, 6.07) is 0. The minimum Gasteiger partial charge on any atom is -0.412 e. The molecule has 0 amide bonds. The fourth-order valence-corrected chi connectivity index (χ4v) is 0. The molecule has 0 fully saturated rings. The molecule has 8 heteroatoms. The molecule has 48 valence electrons. The van der Waals surface area contributed by atoms with Gasteiger partial charge in [-0.15, -0.1) is 0 Å². The van der Waals surface area contributed by atoms with E-state index >= 15 is 0 Å². The quantitative estimate of drug-likeness (QED) is 0.317. The Bertz CT molecular complexity index is 8.49. The van der Waals surface area contributed by atoms with Crippen molar-refractivity contribution in [2.24, 2.45) is 0 Å². The normalized spacial score (nSPS) is 0. The maximum atomic E-state index is 0. The second-order valence-corrected chi connectivity index (χ2v) is 0. The van der Waals surface area contributed by atoms with Gasteiger partial charge in [-0.25, -0.2) is 0 Å². The molecular weight excluding hydrogens is 163 g/mol. The SMILES string of the molecule is O.O.O.O.O.O.[Al+3].[Ca+2]. The molecule has 0 atom stereocenters. The van der Waals surface area contributed by atoms with Gasteiger partial charge >= 0.3 is 55.1 Å². The Hall–Kier alpha value is 1.55. The third-order valence-corrected chi connectivity index (χ3v) is 0. The summed E-state index contributed by atoms with van der Waals surface area (Å²) in [5.41, 5.74) is 0. The fraction of sp³-hybridized carbons (Fsp3) is 0. The molecule has 0 rings (SSSR count). The number of rotatable bonds is 0. The zero-order chi connectivity index (χ0) is 0. The van der Waals surface area contributed by atoms with Crippen molar-refractivity contribution >= 4 is 55.1 Å². The molecule has 0 bridgehead atoms. The van der Waals surface area contributed by atoms with E-state index in [9.17, 15) is 0 Å². The van der Waals surface area contributed by atoms with Crippen LogP contribution in [0.5, 0.6) is 0 Å². The predicted molar refractivity (Wildman–Crippen MR) is 33.2 cm³/mol. The van der Waals surface area contributed by atoms with Gasteiger partial charge in [-0.2, -0.15) is 0 Å². The largest absolute Gasteiger partial charge is 3.00 e. The first-order valence-electron chi connectivity index (χ1n) is 0. The topological polar surface area (TPSA) is 189 Å². The molecule has 0 heterocycles. The van der Waals surface area contributed by atoms with Crippen molar-refractivity contribution < 1.29 is 32.9 Å². The second kappa shape index (κ2) is 202. The van der Waals surface area contributed by atoms with Crippen LogP contribution in [-0.4, -0.2) is 88.0 Å². The van der Waals surface area contributed by atoms with Crippen molar-refractivity contribution in [3.05, 3.63) is 0 Å². The molecule has 0 aromatic carbocycles. The molecule has 12 N–H and O–H groups in total. The monoisotopic (exact) mass is 175 g/mol. The average Bonchev–Trinajstić information content (AvgIpc) is 0. The van der Waals surface area contributed by atoms with E-state index in [0.717, 1.165) is 0 Å². The standard InChI is InChI=1S/Al.Ca.6H2O/h;;6*1H2/q+3;+2;;;;;;. The first kappa shape index (κ1) is 290. The first-order chi connectivity index (χ1) is 0. The Morgan fingerprint density at radius 2 is 0.375 bits per heavy atom. The summed E-state index contributed by atoms with van der Waals surface area (Å²) in [5, 5.41) is 0. The number of hydrogen-bond acceptors (Lipinski definition) is 0. The van der Waals surface area contributed by atoms with Crippen LogP contribution in [-0.2, 0) is 0 Å². The fourth-order valence-electron chi connectivity index (χ4n) is 0. The van der Waals surface area contributed by atoms with Crippen LogP contribution in [0.1, 0.15) is 0 Å². The van der Waals surface area contributed by atoms with Gasteiger partial charge in [0.15, 0.2) is 0 Å². The van der Waals surface area contributed by atoms with Gasteiger partial charge in [-0.1, -0.05) is 0 Å². The minimum absolute atomic E-state index is 0. The molecule has 0 radical (unpaired) electrons. The van der Waals surface area contributed by atoms with E-state index in [1.807, 2.05) is 0 Å². The Morgan fingerprint density at radius 3 is 0.375 bits per heavy atom. The van der Waals surface area contributed by atoms with Crippen LogP contribution in [0, 0.1) is 0 Å². The van der Waals surface area contributed by atoms with E-state index in [-0.39, 0.29) is 88.0 Å². The molecule has 0 saturated carbocycles. The van der Waals surface area contributed by atoms with E-state index in [1.54, 1.807) is 0 Å². The molecule has 0 aliphatic rings. The molecule has 6 nitrogen and oxygen atoms in total. The molecule has 8 heavy (non-hydrogen) atoms. The van der Waals surface area contributed by atoms with Crippen LogP contribution >= 0.6 is 0 Å². The summed E-state index contributed by atoms with van der Waals surface area (Å²) >= 11 is 0. The Balaban J connectivity index is 0. The summed E-state index contributed by atoms with van der Waals surface area (Å²) in [4.78, 5) is 0. The van der Waals surface area contributed by atoms with Crippen LogP contribution in [0.25, 0.3) is 0 Å². The third-order valence-electron chi connectivity index (χ3n) is 0. The maximum Gasteiger partial charge on any atom is 3.00 e. The Kier molecular flexibility index (Phi) is 7340. The second-order valence-electron chi connectivity index (χ2n) is 0. The van der Waals surface area contributed by atoms with Crippen molar-refractivity contribution in [1.82, 2.24) is 0 Å². The van der Waals surface area contributed by atoms with E-state index in [4.69, 9.17) is 0 Å². The third kappa shape index (κ3) is 135. The van der Waals surface area contributed by atoms with E-state index in [1.165, 1.54) is 0 Å². The van der Waals surface area contributed by atoms with Crippen molar-refractivity contribution in [3.63, 3.8) is 0 Å². The molecule has 0 aromatic rings. The van der Waals surface area contributed by atoms with Crippen LogP contribution < -0.4 is 0 Å². The smallest absolute Gasteiger partial charge is 0.412 e. The number of hydrogen-bond donors (Lipinski definition) is 0. The van der Waals surface area contributed by atoms with Crippen LogP contribution in [0.4, 0.5) is 0 Å². The Labute approximate surface area is 87.2 Å². The summed E-state index contributed by atoms with van der Waals surface area (Å²) in [6.07, 6.45) is 0. The van der Waals surface area contributed by atoms with E-state index < -0.39 is 0 Å². The average molecular weight is 175 g/mol. The molecule has 0 aliphatic carbocycles. The first-order valence-corrected chi connectivity index (χ1v) is 0. The zero-order valence-corrected chi connectivity index (χ0v) is 7.65. The molecular formula is H12AlCaO6+5. The van der Waals surface area contributed by atoms with Crippen molar-refractivity contribution in [2.45, 2.75) is 0 Å². The van der Waals surface area contributed by atoms with Crippen LogP contribution in [0.2, 0.25) is 0 Å². The molecule has 0 saturated heterocycles. The summed E-state index contributed by atoms with van der Waals surface area (Å²) in [5.74, 6) is 0. The van der Waals surface area contributed by atoms with Crippen LogP contribution in [0.15, 0.2) is 0 Å². The van der Waals surface area contributed by atoms with Gasteiger partial charge in [-0.05, 0) is 0 Å². The molecule has 0 aliphatic heterocycles. The minimum atomic E-state index is 0. The molecule has 0 spiro atoms. The van der Waals surface area contributed by atoms with Crippen LogP contribution in [0.3, 0.4) is 0 Å². The van der Waals surface area contributed by atoms with Gasteiger partial charge in [0, 0.05) is 0 Å². The van der Waals surface area contributed by atoms with Gasteiger partial charge in [-0.3, -0.25) is 0 Å².